The van der Waals surface area contributed by atoms with E-state index in [0.29, 0.717) is 6.42 Å². The first-order valence-electron chi connectivity index (χ1n) is 4.90. The summed E-state index contributed by atoms with van der Waals surface area (Å²) in [6.45, 7) is 3.57. The van der Waals surface area contributed by atoms with E-state index in [-0.39, 0.29) is 11.9 Å². The summed E-state index contributed by atoms with van der Waals surface area (Å²) in [6, 6.07) is 9.63. The van der Waals surface area contributed by atoms with E-state index < -0.39 is 0 Å². The van der Waals surface area contributed by atoms with Crippen LogP contribution in [0.4, 0.5) is 0 Å². The standard InChI is InChI=1S/C11H15BN2O/c1-12-14-10(11(15)13-2)8-9-6-4-3-5-7-9/h3-7,10,14H,1,8H2,2H3,(H,13,15). The number of rotatable bonds is 5. The molecule has 78 valence electrons. The molecule has 0 spiro atoms. The normalized spacial score (nSPS) is 11.3. The van der Waals surface area contributed by atoms with Gasteiger partial charge in [-0.05, 0) is 0 Å². The zero-order valence-corrected chi connectivity index (χ0v) is 8.86. The topological polar surface area (TPSA) is 41.1 Å². The number of likely N-dealkylation sites (N-methyl/N-ethyl adjacent to an activating group) is 1. The van der Waals surface area contributed by atoms with Gasteiger partial charge in [0.1, 0.15) is 0 Å². The van der Waals surface area contributed by atoms with Gasteiger partial charge < -0.3 is 0 Å². The summed E-state index contributed by atoms with van der Waals surface area (Å²) in [6.07, 6.45) is 0.659. The number of amides is 1. The molecule has 0 aliphatic rings. The summed E-state index contributed by atoms with van der Waals surface area (Å²) < 4.78 is 0. The van der Waals surface area contributed by atoms with E-state index in [1.807, 2.05) is 30.3 Å². The molecule has 1 rings (SSSR count). The second-order valence-corrected chi connectivity index (χ2v) is 3.23. The van der Waals surface area contributed by atoms with E-state index in [0.717, 1.165) is 5.56 Å². The van der Waals surface area contributed by atoms with Crippen molar-refractivity contribution >= 4 is 19.4 Å². The minimum absolute atomic E-state index is 0.0289. The van der Waals surface area contributed by atoms with E-state index in [9.17, 15) is 4.79 Å². The fraction of sp³-hybridized carbons (Fsp3) is 0.273. The predicted molar refractivity (Wildman–Crippen MR) is 64.0 cm³/mol. The van der Waals surface area contributed by atoms with Crippen LogP contribution >= 0.6 is 0 Å². The van der Waals surface area contributed by atoms with Crippen LogP contribution in [0.25, 0.3) is 0 Å². The Morgan fingerprint density at radius 1 is 1.47 bits per heavy atom. The van der Waals surface area contributed by atoms with E-state index in [1.165, 1.54) is 0 Å². The van der Waals surface area contributed by atoms with Gasteiger partial charge >= 0.3 is 90.2 Å². The second-order valence-electron chi connectivity index (χ2n) is 3.23. The fourth-order valence-electron chi connectivity index (χ4n) is 1.39. The molecule has 0 aromatic heterocycles. The maximum absolute atomic E-state index is 11.5. The van der Waals surface area contributed by atoms with Crippen LogP contribution in [-0.4, -0.2) is 32.5 Å². The molecule has 0 radical (unpaired) electrons. The third kappa shape index (κ3) is 3.58. The Labute approximate surface area is 90.8 Å². The van der Waals surface area contributed by atoms with Crippen LogP contribution in [0.5, 0.6) is 0 Å². The molecular formula is C11H15BN2O. The van der Waals surface area contributed by atoms with Gasteiger partial charge in [0.05, 0.1) is 0 Å². The average molecular weight is 202 g/mol. The predicted octanol–water partition coefficient (Wildman–Crippen LogP) is -0.0155. The summed E-state index contributed by atoms with van der Waals surface area (Å²) in [7, 11) is 3.17. The van der Waals surface area contributed by atoms with E-state index >= 15 is 0 Å². The van der Waals surface area contributed by atoms with Crippen LogP contribution in [0, 0.1) is 0 Å². The molecular weight excluding hydrogens is 187 g/mol. The van der Waals surface area contributed by atoms with Crippen molar-refractivity contribution in [1.29, 1.82) is 0 Å². The molecule has 1 unspecified atom stereocenters. The monoisotopic (exact) mass is 202 g/mol. The molecule has 1 aromatic rings. The molecule has 2 N–H and O–H groups in total. The van der Waals surface area contributed by atoms with Crippen LogP contribution in [0.1, 0.15) is 5.56 Å². The molecule has 1 aromatic carbocycles. The van der Waals surface area contributed by atoms with Crippen LogP contribution in [0.2, 0.25) is 0 Å². The Balaban J connectivity index is 2.66. The zero-order chi connectivity index (χ0) is 11.1. The molecule has 1 atom stereocenters. The van der Waals surface area contributed by atoms with Crippen LogP contribution < -0.4 is 10.5 Å². The second kappa shape index (κ2) is 6.01. The van der Waals surface area contributed by atoms with Gasteiger partial charge in [-0.15, -0.1) is 0 Å². The number of nitrogens with one attached hydrogen (secondary N) is 2. The molecule has 15 heavy (non-hydrogen) atoms. The summed E-state index contributed by atoms with van der Waals surface area (Å²) in [5.41, 5.74) is 1.13. The summed E-state index contributed by atoms with van der Waals surface area (Å²) in [4.78, 5) is 11.5. The summed E-state index contributed by atoms with van der Waals surface area (Å²) >= 11 is 0. The van der Waals surface area contributed by atoms with Crippen LogP contribution in [0.15, 0.2) is 30.3 Å². The molecule has 0 aliphatic heterocycles. The third-order valence-electron chi connectivity index (χ3n) is 2.16. The van der Waals surface area contributed by atoms with Crippen molar-refractivity contribution in [3.05, 3.63) is 35.9 Å². The minimum atomic E-state index is -0.255. The van der Waals surface area contributed by atoms with Gasteiger partial charge in [0.2, 0.25) is 0 Å². The number of hydrogen-bond acceptors (Lipinski definition) is 2. The van der Waals surface area contributed by atoms with E-state index in [1.54, 1.807) is 14.1 Å². The molecule has 3 nitrogen and oxygen atoms in total. The van der Waals surface area contributed by atoms with Gasteiger partial charge in [0.25, 0.3) is 0 Å². The summed E-state index contributed by atoms with van der Waals surface area (Å²) in [5, 5.41) is 5.55. The van der Waals surface area contributed by atoms with Crippen molar-refractivity contribution in [2.75, 3.05) is 7.05 Å². The summed E-state index contributed by atoms with van der Waals surface area (Å²) in [5.74, 6) is -0.0289. The maximum atomic E-state index is 11.5. The Morgan fingerprint density at radius 2 is 2.13 bits per heavy atom. The van der Waals surface area contributed by atoms with Gasteiger partial charge in [-0.1, -0.05) is 0 Å². The van der Waals surface area contributed by atoms with E-state index in [2.05, 4.69) is 17.0 Å². The number of hydrogen-bond donors (Lipinski definition) is 2. The van der Waals surface area contributed by atoms with Crippen molar-refractivity contribution in [2.45, 2.75) is 12.5 Å². The first-order valence-corrected chi connectivity index (χ1v) is 4.90. The molecule has 4 heteroatoms. The molecule has 0 bridgehead atoms. The molecule has 0 heterocycles. The molecule has 0 fully saturated rings. The van der Waals surface area contributed by atoms with Crippen molar-refractivity contribution in [2.24, 2.45) is 0 Å². The zero-order valence-electron chi connectivity index (χ0n) is 8.86. The SMILES string of the molecule is C=BNC(Cc1ccccc1)C(=O)NC. The van der Waals surface area contributed by atoms with E-state index in [4.69, 9.17) is 0 Å². The molecule has 0 aliphatic carbocycles. The molecule has 0 saturated heterocycles. The quantitative estimate of drug-likeness (QED) is 0.659. The van der Waals surface area contributed by atoms with Gasteiger partial charge in [-0.25, -0.2) is 0 Å². The molecule has 1 amide bonds. The Morgan fingerprint density at radius 3 is 2.67 bits per heavy atom. The first-order chi connectivity index (χ1) is 7.27. The number of carbonyl (C=O) groups excluding carboxylic acids is 1. The van der Waals surface area contributed by atoms with Crippen molar-refractivity contribution < 1.29 is 4.79 Å². The Bertz CT molecular complexity index is 327. The first kappa shape index (κ1) is 11.5. The van der Waals surface area contributed by atoms with Crippen molar-refractivity contribution in [3.63, 3.8) is 0 Å². The van der Waals surface area contributed by atoms with Crippen molar-refractivity contribution in [3.8, 4) is 0 Å². The number of benzene rings is 1. The Kier molecular flexibility index (Phi) is 4.61. The average Bonchev–Trinajstić information content (AvgIpc) is 2.29. The van der Waals surface area contributed by atoms with Gasteiger partial charge in [0.15, 0.2) is 0 Å². The van der Waals surface area contributed by atoms with Crippen LogP contribution in [-0.2, 0) is 11.2 Å². The van der Waals surface area contributed by atoms with Gasteiger partial charge in [-0.3, -0.25) is 0 Å². The fourth-order valence-corrected chi connectivity index (χ4v) is 1.39. The number of carbonyl (C=O) groups is 1. The van der Waals surface area contributed by atoms with Gasteiger partial charge in [0, 0.05) is 0 Å². The van der Waals surface area contributed by atoms with Crippen molar-refractivity contribution in [1.82, 2.24) is 10.5 Å². The van der Waals surface area contributed by atoms with Crippen LogP contribution in [0.3, 0.4) is 0 Å². The van der Waals surface area contributed by atoms with Gasteiger partial charge in [-0.2, -0.15) is 0 Å². The molecule has 0 saturated carbocycles. The third-order valence-corrected chi connectivity index (χ3v) is 2.16. The Hall–Kier alpha value is -1.58.